The average Bonchev–Trinajstić information content (AvgIpc) is 2.93. The van der Waals surface area contributed by atoms with E-state index < -0.39 is 10.2 Å². The van der Waals surface area contributed by atoms with Gasteiger partial charge in [-0.25, -0.2) is 0 Å². The molecule has 5 nitrogen and oxygen atoms in total. The van der Waals surface area contributed by atoms with Crippen LogP contribution < -0.4 is 5.73 Å². The van der Waals surface area contributed by atoms with Gasteiger partial charge < -0.3 is 5.73 Å². The van der Waals surface area contributed by atoms with Gasteiger partial charge in [0.25, 0.3) is 10.2 Å². The Kier molecular flexibility index (Phi) is 5.37. The lowest BCUT2D eigenvalue weighted by molar-refractivity contribution is 0.387. The summed E-state index contributed by atoms with van der Waals surface area (Å²) >= 11 is 0. The Labute approximate surface area is 127 Å². The van der Waals surface area contributed by atoms with Crippen LogP contribution in [0.25, 0.3) is 0 Å². The summed E-state index contributed by atoms with van der Waals surface area (Å²) in [5.74, 6) is 0.359. The van der Waals surface area contributed by atoms with E-state index in [1.807, 2.05) is 25.1 Å². The molecule has 0 aromatic heterocycles. The lowest BCUT2D eigenvalue weighted by Gasteiger charge is -2.23. The first-order valence-corrected chi connectivity index (χ1v) is 8.86. The summed E-state index contributed by atoms with van der Waals surface area (Å²) in [6, 6.07) is 10.1. The topological polar surface area (TPSA) is 66.6 Å². The fourth-order valence-electron chi connectivity index (χ4n) is 2.96. The highest BCUT2D eigenvalue weighted by Gasteiger charge is 2.40. The van der Waals surface area contributed by atoms with Crippen LogP contribution >= 0.6 is 0 Å². The van der Waals surface area contributed by atoms with E-state index in [0.29, 0.717) is 26.2 Å². The van der Waals surface area contributed by atoms with E-state index in [2.05, 4.69) is 12.1 Å². The monoisotopic (exact) mass is 311 g/mol. The van der Waals surface area contributed by atoms with Crippen LogP contribution in [0.3, 0.4) is 0 Å². The number of nitrogens with zero attached hydrogens (tertiary/aromatic N) is 2. The second kappa shape index (κ2) is 6.87. The lowest BCUT2D eigenvalue weighted by atomic mass is 9.89. The molecular weight excluding hydrogens is 286 g/mol. The van der Waals surface area contributed by atoms with Crippen molar-refractivity contribution >= 4 is 10.2 Å². The van der Waals surface area contributed by atoms with Crippen molar-refractivity contribution in [1.29, 1.82) is 0 Å². The van der Waals surface area contributed by atoms with Gasteiger partial charge in [-0.2, -0.15) is 17.0 Å². The molecule has 2 atom stereocenters. The van der Waals surface area contributed by atoms with Crippen LogP contribution in [-0.4, -0.2) is 50.3 Å². The van der Waals surface area contributed by atoms with Crippen LogP contribution in [0.4, 0.5) is 0 Å². The van der Waals surface area contributed by atoms with Crippen LogP contribution in [0, 0.1) is 5.92 Å². The summed E-state index contributed by atoms with van der Waals surface area (Å²) in [6.07, 6.45) is 0.812. The predicted octanol–water partition coefficient (Wildman–Crippen LogP) is 1.25. The standard InChI is InChI=1S/C15H25N3O2S/c1-3-9-17(2)21(19,20)18-11-14(10-16)15(12-18)13-7-5-4-6-8-13/h4-8,14-15H,3,9-12,16H2,1-2H3/t14-,15+/m1/s1. The van der Waals surface area contributed by atoms with Gasteiger partial charge in [0.15, 0.2) is 0 Å². The van der Waals surface area contributed by atoms with Gasteiger partial charge in [0.05, 0.1) is 0 Å². The molecular formula is C15H25N3O2S. The maximum Gasteiger partial charge on any atom is 0.281 e. The minimum absolute atomic E-state index is 0.178. The van der Waals surface area contributed by atoms with Crippen molar-refractivity contribution < 1.29 is 8.42 Å². The zero-order chi connectivity index (χ0) is 15.5. The first-order valence-electron chi connectivity index (χ1n) is 7.47. The number of benzene rings is 1. The molecule has 6 heteroatoms. The molecule has 1 fully saturated rings. The molecule has 0 spiro atoms. The highest BCUT2D eigenvalue weighted by molar-refractivity contribution is 7.86. The highest BCUT2D eigenvalue weighted by Crippen LogP contribution is 2.33. The SMILES string of the molecule is CCCN(C)S(=O)(=O)N1C[C@@H](CN)[C@H](c2ccccc2)C1. The highest BCUT2D eigenvalue weighted by atomic mass is 32.2. The molecule has 0 aliphatic carbocycles. The van der Waals surface area contributed by atoms with E-state index in [4.69, 9.17) is 5.73 Å². The fraction of sp³-hybridized carbons (Fsp3) is 0.600. The normalized spacial score (nSPS) is 23.8. The van der Waals surface area contributed by atoms with Crippen molar-refractivity contribution in [2.75, 3.05) is 33.2 Å². The Hall–Kier alpha value is -0.950. The third kappa shape index (κ3) is 3.45. The molecule has 118 valence electrons. The Balaban J connectivity index is 2.19. The zero-order valence-electron chi connectivity index (χ0n) is 12.8. The molecule has 1 aliphatic rings. The van der Waals surface area contributed by atoms with Gasteiger partial charge in [0.1, 0.15) is 0 Å². The fourth-order valence-corrected chi connectivity index (χ4v) is 4.50. The first kappa shape index (κ1) is 16.4. The Morgan fingerprint density at radius 1 is 1.29 bits per heavy atom. The van der Waals surface area contributed by atoms with Gasteiger partial charge in [0.2, 0.25) is 0 Å². The van der Waals surface area contributed by atoms with Crippen LogP contribution in [0.1, 0.15) is 24.8 Å². The number of hydrogen-bond acceptors (Lipinski definition) is 3. The molecule has 0 amide bonds. The summed E-state index contributed by atoms with van der Waals surface area (Å²) in [6.45, 7) is 4.05. The molecule has 1 aliphatic heterocycles. The van der Waals surface area contributed by atoms with E-state index >= 15 is 0 Å². The minimum atomic E-state index is -3.37. The lowest BCUT2D eigenvalue weighted by Crippen LogP contribution is -2.41. The summed E-state index contributed by atoms with van der Waals surface area (Å²) in [5, 5.41) is 0. The quantitative estimate of drug-likeness (QED) is 0.860. The molecule has 2 N–H and O–H groups in total. The zero-order valence-corrected chi connectivity index (χ0v) is 13.6. The van der Waals surface area contributed by atoms with Crippen molar-refractivity contribution in [2.24, 2.45) is 11.7 Å². The first-order chi connectivity index (χ1) is 10.0. The second-order valence-corrected chi connectivity index (χ2v) is 7.69. The van der Waals surface area contributed by atoms with Crippen molar-refractivity contribution in [2.45, 2.75) is 19.3 Å². The molecule has 2 rings (SSSR count). The average molecular weight is 311 g/mol. The van der Waals surface area contributed by atoms with Gasteiger partial charge in [-0.15, -0.1) is 0 Å². The summed E-state index contributed by atoms with van der Waals surface area (Å²) in [5.41, 5.74) is 7.04. The van der Waals surface area contributed by atoms with Crippen LogP contribution in [0.5, 0.6) is 0 Å². The predicted molar refractivity (Wildman–Crippen MR) is 85.1 cm³/mol. The maximum absolute atomic E-state index is 12.6. The molecule has 1 heterocycles. The van der Waals surface area contributed by atoms with Crippen molar-refractivity contribution in [3.8, 4) is 0 Å². The molecule has 0 bridgehead atoms. The Morgan fingerprint density at radius 2 is 1.95 bits per heavy atom. The second-order valence-electron chi connectivity index (χ2n) is 5.66. The van der Waals surface area contributed by atoms with E-state index in [9.17, 15) is 8.42 Å². The summed E-state index contributed by atoms with van der Waals surface area (Å²) in [7, 11) is -1.73. The van der Waals surface area contributed by atoms with Gasteiger partial charge in [-0.1, -0.05) is 37.3 Å². The number of nitrogens with two attached hydrogens (primary N) is 1. The molecule has 1 aromatic rings. The van der Waals surface area contributed by atoms with Crippen LogP contribution in [-0.2, 0) is 10.2 Å². The van der Waals surface area contributed by atoms with E-state index in [1.54, 1.807) is 11.4 Å². The molecule has 1 saturated heterocycles. The molecule has 21 heavy (non-hydrogen) atoms. The molecule has 1 aromatic carbocycles. The third-order valence-electron chi connectivity index (χ3n) is 4.20. The summed E-state index contributed by atoms with van der Waals surface area (Å²) in [4.78, 5) is 0. The molecule has 0 unspecified atom stereocenters. The van der Waals surface area contributed by atoms with E-state index in [-0.39, 0.29) is 11.8 Å². The third-order valence-corrected chi connectivity index (χ3v) is 6.12. The van der Waals surface area contributed by atoms with Gasteiger partial charge in [-0.05, 0) is 24.4 Å². The van der Waals surface area contributed by atoms with E-state index in [0.717, 1.165) is 6.42 Å². The Morgan fingerprint density at radius 3 is 2.52 bits per heavy atom. The van der Waals surface area contributed by atoms with Crippen molar-refractivity contribution in [3.63, 3.8) is 0 Å². The number of hydrogen-bond donors (Lipinski definition) is 1. The van der Waals surface area contributed by atoms with Gasteiger partial charge in [-0.3, -0.25) is 0 Å². The summed E-state index contributed by atoms with van der Waals surface area (Å²) < 4.78 is 28.2. The van der Waals surface area contributed by atoms with Crippen LogP contribution in [0.15, 0.2) is 30.3 Å². The molecule has 0 saturated carbocycles. The smallest absolute Gasteiger partial charge is 0.281 e. The number of rotatable bonds is 6. The molecule has 0 radical (unpaired) electrons. The maximum atomic E-state index is 12.6. The van der Waals surface area contributed by atoms with E-state index in [1.165, 1.54) is 9.87 Å². The van der Waals surface area contributed by atoms with Crippen molar-refractivity contribution in [1.82, 2.24) is 8.61 Å². The van der Waals surface area contributed by atoms with Crippen molar-refractivity contribution in [3.05, 3.63) is 35.9 Å². The van der Waals surface area contributed by atoms with Gasteiger partial charge in [0, 0.05) is 32.6 Å². The minimum Gasteiger partial charge on any atom is -0.330 e. The van der Waals surface area contributed by atoms with Gasteiger partial charge >= 0.3 is 0 Å². The Bertz CT molecular complexity index is 547. The largest absolute Gasteiger partial charge is 0.330 e. The van der Waals surface area contributed by atoms with Crippen LogP contribution in [0.2, 0.25) is 0 Å².